The van der Waals surface area contributed by atoms with Crippen LogP contribution in [-0.2, 0) is 0 Å². The molecule has 1 aliphatic rings. The molecule has 0 saturated carbocycles. The Bertz CT molecular complexity index is 585. The summed E-state index contributed by atoms with van der Waals surface area (Å²) in [5.74, 6) is 1.80. The van der Waals surface area contributed by atoms with Crippen molar-refractivity contribution >= 4 is 29.0 Å². The summed E-state index contributed by atoms with van der Waals surface area (Å²) in [6.07, 6.45) is 1.65. The number of carbonyl (C=O) groups is 1. The fourth-order valence-corrected chi connectivity index (χ4v) is 3.17. The van der Waals surface area contributed by atoms with Crippen LogP contribution in [0.4, 0.5) is 0 Å². The first kappa shape index (κ1) is 13.3. The number of aromatic nitrogens is 3. The number of amides is 1. The van der Waals surface area contributed by atoms with Crippen molar-refractivity contribution in [3.8, 4) is 11.5 Å². The lowest BCUT2D eigenvalue weighted by Crippen LogP contribution is -2.26. The van der Waals surface area contributed by atoms with Crippen LogP contribution in [0, 0.1) is 0 Å². The number of hydrogen-bond donors (Lipinski definition) is 2. The number of H-pyrrole nitrogens is 1. The number of nitrogens with zero attached hydrogens (tertiary/aromatic N) is 2. The van der Waals surface area contributed by atoms with Gasteiger partial charge in [-0.1, -0.05) is 0 Å². The summed E-state index contributed by atoms with van der Waals surface area (Å²) in [6.45, 7) is 1.55. The Morgan fingerprint density at radius 2 is 2.40 bits per heavy atom. The average molecular weight is 312 g/mol. The van der Waals surface area contributed by atoms with Crippen LogP contribution in [0.5, 0.6) is 11.5 Å². The summed E-state index contributed by atoms with van der Waals surface area (Å²) in [7, 11) is 0. The van der Waals surface area contributed by atoms with Gasteiger partial charge >= 0.3 is 0 Å². The second-order valence-corrected chi connectivity index (χ2v) is 5.86. The molecule has 2 aromatic heterocycles. The fraction of sp³-hybridized carbons (Fsp3) is 0.364. The van der Waals surface area contributed by atoms with E-state index in [9.17, 15) is 4.79 Å². The van der Waals surface area contributed by atoms with Crippen molar-refractivity contribution in [2.75, 3.05) is 25.5 Å². The molecule has 0 unspecified atom stereocenters. The number of carbonyl (C=O) groups excluding carboxylic acids is 1. The lowest BCUT2D eigenvalue weighted by Gasteiger charge is -2.15. The predicted molar refractivity (Wildman–Crippen MR) is 74.7 cm³/mol. The molecule has 0 atom stereocenters. The number of hydrogen-bond acceptors (Lipinski definition) is 7. The highest BCUT2D eigenvalue weighted by molar-refractivity contribution is 7.99. The van der Waals surface area contributed by atoms with Crippen LogP contribution >= 0.6 is 23.1 Å². The molecule has 0 fully saturated rings. The van der Waals surface area contributed by atoms with Crippen LogP contribution in [0.1, 0.15) is 9.67 Å². The van der Waals surface area contributed by atoms with Crippen molar-refractivity contribution in [2.45, 2.75) is 5.03 Å². The maximum atomic E-state index is 12.1. The summed E-state index contributed by atoms with van der Waals surface area (Å²) in [4.78, 5) is 12.6. The molecule has 7 nitrogen and oxygen atoms in total. The van der Waals surface area contributed by atoms with E-state index in [1.807, 2.05) is 0 Å². The van der Waals surface area contributed by atoms with Crippen molar-refractivity contribution in [3.05, 3.63) is 16.5 Å². The van der Waals surface area contributed by atoms with E-state index in [4.69, 9.17) is 9.47 Å². The molecule has 3 rings (SSSR count). The first-order valence-electron chi connectivity index (χ1n) is 5.98. The van der Waals surface area contributed by atoms with Crippen molar-refractivity contribution in [1.82, 2.24) is 20.7 Å². The van der Waals surface area contributed by atoms with Gasteiger partial charge in [-0.25, -0.2) is 0 Å². The number of thiophene rings is 1. The molecule has 0 aromatic carbocycles. The van der Waals surface area contributed by atoms with Gasteiger partial charge in [0.25, 0.3) is 5.91 Å². The van der Waals surface area contributed by atoms with Gasteiger partial charge in [-0.05, 0) is 0 Å². The second-order valence-electron chi connectivity index (χ2n) is 3.87. The SMILES string of the molecule is O=C(NCCSc1cn[nH]n1)c1scc2c1OCCO2. The third-order valence-electron chi connectivity index (χ3n) is 2.54. The Hall–Kier alpha value is -1.74. The number of fused-ring (bicyclic) bond motifs is 1. The van der Waals surface area contributed by atoms with Crippen molar-refractivity contribution in [3.63, 3.8) is 0 Å². The molecule has 2 aromatic rings. The molecule has 2 N–H and O–H groups in total. The van der Waals surface area contributed by atoms with E-state index in [2.05, 4.69) is 20.7 Å². The Kier molecular flexibility index (Phi) is 4.07. The van der Waals surface area contributed by atoms with Gasteiger partial charge in [0, 0.05) is 17.7 Å². The smallest absolute Gasteiger partial charge is 0.265 e. The third-order valence-corrected chi connectivity index (χ3v) is 4.38. The largest absolute Gasteiger partial charge is 0.485 e. The third kappa shape index (κ3) is 2.88. The van der Waals surface area contributed by atoms with E-state index in [0.29, 0.717) is 36.1 Å². The number of thioether (sulfide) groups is 1. The number of ether oxygens (including phenoxy) is 2. The summed E-state index contributed by atoms with van der Waals surface area (Å²) in [5, 5.41) is 15.6. The Morgan fingerprint density at radius 1 is 1.50 bits per heavy atom. The minimum absolute atomic E-state index is 0.137. The first-order chi connectivity index (χ1) is 9.84. The Morgan fingerprint density at radius 3 is 3.25 bits per heavy atom. The fourth-order valence-electron chi connectivity index (χ4n) is 1.68. The number of aromatic amines is 1. The molecule has 0 radical (unpaired) electrons. The van der Waals surface area contributed by atoms with Crippen LogP contribution in [0.25, 0.3) is 0 Å². The molecule has 1 aliphatic heterocycles. The van der Waals surface area contributed by atoms with Gasteiger partial charge in [0.05, 0.1) is 6.20 Å². The van der Waals surface area contributed by atoms with Crippen LogP contribution in [0.3, 0.4) is 0 Å². The van der Waals surface area contributed by atoms with Crippen molar-refractivity contribution in [2.24, 2.45) is 0 Å². The van der Waals surface area contributed by atoms with Gasteiger partial charge in [-0.3, -0.25) is 4.79 Å². The summed E-state index contributed by atoms with van der Waals surface area (Å²) < 4.78 is 10.9. The zero-order valence-corrected chi connectivity index (χ0v) is 12.1. The monoisotopic (exact) mass is 312 g/mol. The maximum absolute atomic E-state index is 12.1. The quantitative estimate of drug-likeness (QED) is 0.636. The van der Waals surface area contributed by atoms with E-state index in [-0.39, 0.29) is 5.91 Å². The normalized spacial score (nSPS) is 13.2. The lowest BCUT2D eigenvalue weighted by molar-refractivity contribution is 0.0951. The van der Waals surface area contributed by atoms with E-state index in [1.165, 1.54) is 23.1 Å². The zero-order chi connectivity index (χ0) is 13.8. The van der Waals surface area contributed by atoms with Crippen molar-refractivity contribution in [1.29, 1.82) is 0 Å². The number of rotatable bonds is 5. The van der Waals surface area contributed by atoms with Gasteiger partial charge in [-0.2, -0.15) is 10.3 Å². The summed E-state index contributed by atoms with van der Waals surface area (Å²) >= 11 is 2.86. The molecule has 1 amide bonds. The highest BCUT2D eigenvalue weighted by Gasteiger charge is 2.23. The van der Waals surface area contributed by atoms with Crippen LogP contribution in [0.15, 0.2) is 16.6 Å². The molecule has 0 saturated heterocycles. The first-order valence-corrected chi connectivity index (χ1v) is 7.85. The van der Waals surface area contributed by atoms with Crippen LogP contribution in [-0.4, -0.2) is 46.8 Å². The second kappa shape index (κ2) is 6.14. The molecule has 106 valence electrons. The average Bonchev–Trinajstić information content (AvgIpc) is 3.12. The van der Waals surface area contributed by atoms with E-state index in [0.717, 1.165) is 10.8 Å². The van der Waals surface area contributed by atoms with Gasteiger partial charge in [0.1, 0.15) is 23.1 Å². The van der Waals surface area contributed by atoms with Gasteiger partial charge in [0.15, 0.2) is 11.5 Å². The standard InChI is InChI=1S/C11H12N4O3S2/c16-11(12-1-4-19-8-5-13-15-14-8)10-9-7(6-20-10)17-2-3-18-9/h5-6H,1-4H2,(H,12,16)(H,13,14,15). The van der Waals surface area contributed by atoms with Crippen LogP contribution in [0.2, 0.25) is 0 Å². The molecular formula is C11H12N4O3S2. The van der Waals surface area contributed by atoms with Crippen molar-refractivity contribution < 1.29 is 14.3 Å². The van der Waals surface area contributed by atoms with Crippen LogP contribution < -0.4 is 14.8 Å². The van der Waals surface area contributed by atoms with Gasteiger partial charge in [0.2, 0.25) is 0 Å². The zero-order valence-electron chi connectivity index (χ0n) is 10.4. The van der Waals surface area contributed by atoms with E-state index in [1.54, 1.807) is 11.6 Å². The van der Waals surface area contributed by atoms with Gasteiger partial charge in [-0.15, -0.1) is 28.2 Å². The summed E-state index contributed by atoms with van der Waals surface area (Å²) in [6, 6.07) is 0. The molecule has 20 heavy (non-hydrogen) atoms. The Labute approximate surface area is 123 Å². The van der Waals surface area contributed by atoms with E-state index < -0.39 is 0 Å². The summed E-state index contributed by atoms with van der Waals surface area (Å²) in [5.41, 5.74) is 0. The lowest BCUT2D eigenvalue weighted by atomic mass is 10.3. The maximum Gasteiger partial charge on any atom is 0.265 e. The molecule has 0 spiro atoms. The molecule has 9 heteroatoms. The number of nitrogens with one attached hydrogen (secondary N) is 2. The highest BCUT2D eigenvalue weighted by atomic mass is 32.2. The molecule has 0 bridgehead atoms. The molecule has 3 heterocycles. The minimum Gasteiger partial charge on any atom is -0.485 e. The topological polar surface area (TPSA) is 89.1 Å². The minimum atomic E-state index is -0.137. The molecule has 0 aliphatic carbocycles. The van der Waals surface area contributed by atoms with Gasteiger partial charge < -0.3 is 14.8 Å². The Balaban J connectivity index is 1.50. The highest BCUT2D eigenvalue weighted by Crippen LogP contribution is 2.39. The predicted octanol–water partition coefficient (Wildman–Crippen LogP) is 1.16. The van der Waals surface area contributed by atoms with E-state index >= 15 is 0 Å². The molecular weight excluding hydrogens is 300 g/mol.